The highest BCUT2D eigenvalue weighted by Gasteiger charge is 2.17. The van der Waals surface area contributed by atoms with Crippen molar-refractivity contribution >= 4 is 11.6 Å². The molecule has 1 amide bonds. The summed E-state index contributed by atoms with van der Waals surface area (Å²) in [7, 11) is 1.55. The first kappa shape index (κ1) is 12.7. The molecule has 5 heteroatoms. The Morgan fingerprint density at radius 1 is 1.39 bits per heavy atom. The van der Waals surface area contributed by atoms with Gasteiger partial charge in [-0.05, 0) is 25.0 Å². The maximum absolute atomic E-state index is 12.1. The molecule has 0 spiro atoms. The molecule has 5 nitrogen and oxygen atoms in total. The zero-order chi connectivity index (χ0) is 13.0. The molecule has 98 valence electrons. The van der Waals surface area contributed by atoms with Crippen LogP contribution < -0.4 is 15.8 Å². The highest BCUT2D eigenvalue weighted by Crippen LogP contribution is 2.19. The van der Waals surface area contributed by atoms with Gasteiger partial charge in [-0.3, -0.25) is 4.79 Å². The van der Waals surface area contributed by atoms with E-state index in [1.165, 1.54) is 0 Å². The SMILES string of the molecule is COc1cc(N)cc(C(=O)NC2CCOCC2)c1. The van der Waals surface area contributed by atoms with E-state index in [0.717, 1.165) is 12.8 Å². The fraction of sp³-hybridized carbons (Fsp3) is 0.462. The Labute approximate surface area is 106 Å². The molecular formula is C13H18N2O3. The summed E-state index contributed by atoms with van der Waals surface area (Å²) in [6.45, 7) is 1.40. The predicted octanol–water partition coefficient (Wildman–Crippen LogP) is 1.19. The summed E-state index contributed by atoms with van der Waals surface area (Å²) >= 11 is 0. The maximum Gasteiger partial charge on any atom is 0.251 e. The molecule has 2 rings (SSSR count). The summed E-state index contributed by atoms with van der Waals surface area (Å²) in [5.74, 6) is 0.472. The van der Waals surface area contributed by atoms with Gasteiger partial charge in [0.1, 0.15) is 5.75 Å². The van der Waals surface area contributed by atoms with E-state index in [0.29, 0.717) is 30.2 Å². The highest BCUT2D eigenvalue weighted by atomic mass is 16.5. The predicted molar refractivity (Wildman–Crippen MR) is 68.7 cm³/mol. The lowest BCUT2D eigenvalue weighted by atomic mass is 10.1. The number of ether oxygens (including phenoxy) is 2. The molecule has 0 saturated carbocycles. The summed E-state index contributed by atoms with van der Waals surface area (Å²) in [5, 5.41) is 2.98. The van der Waals surface area contributed by atoms with E-state index in [2.05, 4.69) is 5.32 Å². The van der Waals surface area contributed by atoms with Gasteiger partial charge in [-0.1, -0.05) is 0 Å². The van der Waals surface area contributed by atoms with Crippen molar-refractivity contribution in [2.75, 3.05) is 26.1 Å². The van der Waals surface area contributed by atoms with E-state index >= 15 is 0 Å². The van der Waals surface area contributed by atoms with E-state index < -0.39 is 0 Å². The number of methoxy groups -OCH3 is 1. The van der Waals surface area contributed by atoms with Gasteiger partial charge in [-0.15, -0.1) is 0 Å². The van der Waals surface area contributed by atoms with Crippen molar-refractivity contribution < 1.29 is 14.3 Å². The zero-order valence-electron chi connectivity index (χ0n) is 10.4. The topological polar surface area (TPSA) is 73.6 Å². The molecule has 3 N–H and O–H groups in total. The van der Waals surface area contributed by atoms with Gasteiger partial charge in [-0.25, -0.2) is 0 Å². The van der Waals surface area contributed by atoms with Crippen molar-refractivity contribution in [1.29, 1.82) is 0 Å². The van der Waals surface area contributed by atoms with Crippen molar-refractivity contribution in [1.82, 2.24) is 5.32 Å². The Hall–Kier alpha value is -1.75. The largest absolute Gasteiger partial charge is 0.497 e. The zero-order valence-corrected chi connectivity index (χ0v) is 10.4. The van der Waals surface area contributed by atoms with Crippen LogP contribution in [0, 0.1) is 0 Å². The molecule has 0 atom stereocenters. The van der Waals surface area contributed by atoms with E-state index in [1.807, 2.05) is 0 Å². The number of hydrogen-bond acceptors (Lipinski definition) is 4. The van der Waals surface area contributed by atoms with Crippen molar-refractivity contribution in [2.24, 2.45) is 0 Å². The minimum atomic E-state index is -0.118. The van der Waals surface area contributed by atoms with Crippen molar-refractivity contribution in [3.05, 3.63) is 23.8 Å². The molecule has 1 heterocycles. The summed E-state index contributed by atoms with van der Waals surface area (Å²) in [5.41, 5.74) is 6.77. The van der Waals surface area contributed by atoms with Crippen LogP contribution in [0.15, 0.2) is 18.2 Å². The van der Waals surface area contributed by atoms with E-state index in [-0.39, 0.29) is 11.9 Å². The molecule has 0 unspecified atom stereocenters. The summed E-state index contributed by atoms with van der Waals surface area (Å²) in [6, 6.07) is 5.20. The molecule has 1 fully saturated rings. The molecular weight excluding hydrogens is 232 g/mol. The number of rotatable bonds is 3. The normalized spacial score (nSPS) is 16.3. The number of benzene rings is 1. The monoisotopic (exact) mass is 250 g/mol. The molecule has 0 bridgehead atoms. The minimum Gasteiger partial charge on any atom is -0.497 e. The lowest BCUT2D eigenvalue weighted by molar-refractivity contribution is 0.0696. The van der Waals surface area contributed by atoms with Gasteiger partial charge in [-0.2, -0.15) is 0 Å². The lowest BCUT2D eigenvalue weighted by Gasteiger charge is -2.23. The van der Waals surface area contributed by atoms with Gasteiger partial charge in [0, 0.05) is 36.6 Å². The highest BCUT2D eigenvalue weighted by molar-refractivity contribution is 5.95. The number of nitrogen functional groups attached to an aromatic ring is 1. The molecule has 1 saturated heterocycles. The Morgan fingerprint density at radius 3 is 2.78 bits per heavy atom. The first-order valence-corrected chi connectivity index (χ1v) is 6.02. The molecule has 1 aromatic rings. The number of hydrogen-bond donors (Lipinski definition) is 2. The van der Waals surface area contributed by atoms with Crippen LogP contribution >= 0.6 is 0 Å². The molecule has 1 aromatic carbocycles. The van der Waals surface area contributed by atoms with Crippen LogP contribution in [-0.4, -0.2) is 32.3 Å². The Balaban J connectivity index is 2.05. The van der Waals surface area contributed by atoms with Crippen LogP contribution in [0.5, 0.6) is 5.75 Å². The van der Waals surface area contributed by atoms with Crippen molar-refractivity contribution in [3.63, 3.8) is 0 Å². The number of carbonyl (C=O) groups is 1. The van der Waals surface area contributed by atoms with Crippen molar-refractivity contribution in [2.45, 2.75) is 18.9 Å². The fourth-order valence-electron chi connectivity index (χ4n) is 1.98. The molecule has 0 radical (unpaired) electrons. The summed E-state index contributed by atoms with van der Waals surface area (Å²) in [6.07, 6.45) is 1.70. The smallest absolute Gasteiger partial charge is 0.251 e. The van der Waals surface area contributed by atoms with Gasteiger partial charge in [0.2, 0.25) is 0 Å². The van der Waals surface area contributed by atoms with E-state index in [4.69, 9.17) is 15.2 Å². The lowest BCUT2D eigenvalue weighted by Crippen LogP contribution is -2.38. The molecule has 1 aliphatic heterocycles. The second-order valence-electron chi connectivity index (χ2n) is 4.35. The average Bonchev–Trinajstić information content (AvgIpc) is 2.39. The number of anilines is 1. The van der Waals surface area contributed by atoms with Gasteiger partial charge < -0.3 is 20.5 Å². The third-order valence-electron chi connectivity index (χ3n) is 2.98. The van der Waals surface area contributed by atoms with E-state index in [1.54, 1.807) is 25.3 Å². The number of carbonyl (C=O) groups excluding carboxylic acids is 1. The van der Waals surface area contributed by atoms with Crippen LogP contribution in [0.2, 0.25) is 0 Å². The number of nitrogens with one attached hydrogen (secondary N) is 1. The Kier molecular flexibility index (Phi) is 4.04. The third kappa shape index (κ3) is 3.13. The van der Waals surface area contributed by atoms with Crippen LogP contribution in [0.25, 0.3) is 0 Å². The minimum absolute atomic E-state index is 0.118. The maximum atomic E-state index is 12.1. The van der Waals surface area contributed by atoms with Gasteiger partial charge >= 0.3 is 0 Å². The Bertz CT molecular complexity index is 428. The first-order chi connectivity index (χ1) is 8.69. The van der Waals surface area contributed by atoms with Crippen molar-refractivity contribution in [3.8, 4) is 5.75 Å². The number of amides is 1. The second-order valence-corrected chi connectivity index (χ2v) is 4.35. The molecule has 0 aliphatic carbocycles. The van der Waals surface area contributed by atoms with Gasteiger partial charge in [0.15, 0.2) is 0 Å². The first-order valence-electron chi connectivity index (χ1n) is 6.02. The average molecular weight is 250 g/mol. The molecule has 18 heavy (non-hydrogen) atoms. The quantitative estimate of drug-likeness (QED) is 0.790. The van der Waals surface area contributed by atoms with Gasteiger partial charge in [0.25, 0.3) is 5.91 Å². The summed E-state index contributed by atoms with van der Waals surface area (Å²) < 4.78 is 10.3. The van der Waals surface area contributed by atoms with Crippen LogP contribution in [-0.2, 0) is 4.74 Å². The standard InChI is InChI=1S/C13H18N2O3/c1-17-12-7-9(6-10(14)8-12)13(16)15-11-2-4-18-5-3-11/h6-8,11H,2-5,14H2,1H3,(H,15,16). The molecule has 1 aliphatic rings. The summed E-state index contributed by atoms with van der Waals surface area (Å²) in [4.78, 5) is 12.1. The molecule has 0 aromatic heterocycles. The van der Waals surface area contributed by atoms with Crippen LogP contribution in [0.4, 0.5) is 5.69 Å². The van der Waals surface area contributed by atoms with Crippen LogP contribution in [0.1, 0.15) is 23.2 Å². The van der Waals surface area contributed by atoms with Crippen LogP contribution in [0.3, 0.4) is 0 Å². The van der Waals surface area contributed by atoms with E-state index in [9.17, 15) is 4.79 Å². The number of nitrogens with two attached hydrogens (primary N) is 1. The second kappa shape index (κ2) is 5.73. The van der Waals surface area contributed by atoms with Gasteiger partial charge in [0.05, 0.1) is 7.11 Å². The fourth-order valence-corrected chi connectivity index (χ4v) is 1.98. The Morgan fingerprint density at radius 2 is 2.11 bits per heavy atom. The third-order valence-corrected chi connectivity index (χ3v) is 2.98.